The zero-order chi connectivity index (χ0) is 8.23. The van der Waals surface area contributed by atoms with Crippen molar-refractivity contribution in [2.75, 3.05) is 0 Å². The van der Waals surface area contributed by atoms with Crippen LogP contribution in [-0.4, -0.2) is 23.1 Å². The largest absolute Gasteiger partial charge is 2.00 e. The second-order valence-corrected chi connectivity index (χ2v) is 2.73. The molecule has 0 saturated carbocycles. The van der Waals surface area contributed by atoms with Gasteiger partial charge in [0.1, 0.15) is 0 Å². The normalized spacial score (nSPS) is 8.29. The van der Waals surface area contributed by atoms with Crippen LogP contribution < -0.4 is 0 Å². The van der Waals surface area contributed by atoms with Gasteiger partial charge < -0.3 is 2.85 Å². The predicted molar refractivity (Wildman–Crippen MR) is 70.2 cm³/mol. The van der Waals surface area contributed by atoms with Gasteiger partial charge in [0, 0.05) is 0 Å². The van der Waals surface area contributed by atoms with Gasteiger partial charge in [0.05, 0.1) is 0 Å². The Bertz CT molecular complexity index is 316. The van der Waals surface area contributed by atoms with Crippen LogP contribution >= 0.6 is 17.0 Å². The fraction of sp³-hybridized carbons (Fsp3) is 0. The molecule has 0 N–H and O–H groups in total. The average molecular weight is 261 g/mol. The van der Waals surface area contributed by atoms with Gasteiger partial charge in [-0.1, -0.05) is 60.7 Å². The van der Waals surface area contributed by atoms with Gasteiger partial charge in [0.2, 0.25) is 0 Å². The minimum absolute atomic E-state index is 0. The quantitative estimate of drug-likeness (QED) is 0.685. The Balaban J connectivity index is -0.000000422. The van der Waals surface area contributed by atoms with Crippen LogP contribution in [-0.2, 0) is 0 Å². The Kier molecular flexibility index (Phi) is 6.88. The molecular weight excluding hydrogens is 248 g/mol. The van der Waals surface area contributed by atoms with E-state index >= 15 is 0 Å². The molecule has 0 radical (unpaired) electrons. The van der Waals surface area contributed by atoms with Gasteiger partial charge in [-0.3, -0.25) is 0 Å². The summed E-state index contributed by atoms with van der Waals surface area (Å²) in [5.74, 6) is 0. The van der Waals surface area contributed by atoms with Crippen molar-refractivity contribution in [1.82, 2.24) is 0 Å². The molecule has 0 aromatic heterocycles. The summed E-state index contributed by atoms with van der Waals surface area (Å²) in [4.78, 5) is 0. The van der Waals surface area contributed by atoms with Crippen molar-refractivity contribution in [3.05, 3.63) is 60.7 Å². The fourth-order valence-corrected chi connectivity index (χ4v) is 1.26. The maximum Gasteiger partial charge on any atom is 2.00 e. The SMILES string of the molecule is Br.[H-].[H-].[Mg+2].c1ccc(-c2ccccc2)cc1. The first-order valence-corrected chi connectivity index (χ1v) is 4.07. The van der Waals surface area contributed by atoms with Crippen molar-refractivity contribution in [1.29, 1.82) is 0 Å². The summed E-state index contributed by atoms with van der Waals surface area (Å²) in [5.41, 5.74) is 2.55. The van der Waals surface area contributed by atoms with Gasteiger partial charge in [-0.05, 0) is 11.1 Å². The zero-order valence-electron chi connectivity index (χ0n) is 9.89. The molecule has 0 aliphatic rings. The Morgan fingerprint density at radius 1 is 0.571 bits per heavy atom. The third-order valence-corrected chi connectivity index (χ3v) is 1.88. The molecule has 2 aromatic carbocycles. The first-order chi connectivity index (χ1) is 5.97. The topological polar surface area (TPSA) is 0 Å². The van der Waals surface area contributed by atoms with Crippen LogP contribution in [0.5, 0.6) is 0 Å². The Morgan fingerprint density at radius 2 is 0.857 bits per heavy atom. The summed E-state index contributed by atoms with van der Waals surface area (Å²) in [5, 5.41) is 0. The molecule has 0 spiro atoms. The number of benzene rings is 2. The first kappa shape index (κ1) is 13.7. The molecule has 0 aliphatic heterocycles. The Hall–Kier alpha value is -0.314. The number of rotatable bonds is 1. The van der Waals surface area contributed by atoms with Crippen LogP contribution in [0.25, 0.3) is 11.1 Å². The Labute approximate surface area is 114 Å². The third kappa shape index (κ3) is 3.44. The van der Waals surface area contributed by atoms with Crippen LogP contribution in [0.1, 0.15) is 2.85 Å². The van der Waals surface area contributed by atoms with Gasteiger partial charge in [-0.25, -0.2) is 0 Å². The smallest absolute Gasteiger partial charge is 1.00 e. The second-order valence-electron chi connectivity index (χ2n) is 2.73. The minimum atomic E-state index is 0. The van der Waals surface area contributed by atoms with Crippen LogP contribution in [0.15, 0.2) is 60.7 Å². The zero-order valence-corrected chi connectivity index (χ0v) is 11.0. The molecular formula is C12H13BrMg. The summed E-state index contributed by atoms with van der Waals surface area (Å²) >= 11 is 0. The van der Waals surface area contributed by atoms with E-state index in [1.54, 1.807) is 0 Å². The third-order valence-electron chi connectivity index (χ3n) is 1.88. The predicted octanol–water partition coefficient (Wildman–Crippen LogP) is 3.78. The molecule has 0 bridgehead atoms. The molecule has 70 valence electrons. The van der Waals surface area contributed by atoms with Crippen LogP contribution in [0.3, 0.4) is 0 Å². The fourth-order valence-electron chi connectivity index (χ4n) is 1.26. The molecule has 0 aliphatic carbocycles. The maximum atomic E-state index is 2.12. The van der Waals surface area contributed by atoms with E-state index in [2.05, 4.69) is 48.5 Å². The van der Waals surface area contributed by atoms with Gasteiger partial charge in [-0.15, -0.1) is 17.0 Å². The van der Waals surface area contributed by atoms with Crippen LogP contribution in [0.2, 0.25) is 0 Å². The van der Waals surface area contributed by atoms with Gasteiger partial charge >= 0.3 is 23.1 Å². The summed E-state index contributed by atoms with van der Waals surface area (Å²) in [6.07, 6.45) is 0. The van der Waals surface area contributed by atoms with Gasteiger partial charge in [-0.2, -0.15) is 0 Å². The minimum Gasteiger partial charge on any atom is -1.00 e. The van der Waals surface area contributed by atoms with E-state index in [4.69, 9.17) is 0 Å². The van der Waals surface area contributed by atoms with Crippen LogP contribution in [0, 0.1) is 0 Å². The van der Waals surface area contributed by atoms with E-state index in [1.807, 2.05) is 12.1 Å². The summed E-state index contributed by atoms with van der Waals surface area (Å²) < 4.78 is 0. The van der Waals surface area contributed by atoms with E-state index in [1.165, 1.54) is 11.1 Å². The van der Waals surface area contributed by atoms with E-state index in [-0.39, 0.29) is 42.9 Å². The molecule has 0 fully saturated rings. The monoisotopic (exact) mass is 260 g/mol. The molecule has 0 heterocycles. The second kappa shape index (κ2) is 7.04. The van der Waals surface area contributed by atoms with E-state index in [0.29, 0.717) is 0 Å². The van der Waals surface area contributed by atoms with Crippen molar-refractivity contribution < 1.29 is 2.85 Å². The number of hydrogen-bond donors (Lipinski definition) is 0. The van der Waals surface area contributed by atoms with Crippen molar-refractivity contribution >= 4 is 40.0 Å². The molecule has 14 heavy (non-hydrogen) atoms. The molecule has 0 amide bonds. The first-order valence-electron chi connectivity index (χ1n) is 4.07. The van der Waals surface area contributed by atoms with E-state index in [0.717, 1.165) is 0 Å². The van der Waals surface area contributed by atoms with E-state index < -0.39 is 0 Å². The number of hydrogen-bond acceptors (Lipinski definition) is 0. The molecule has 0 nitrogen and oxygen atoms in total. The standard InChI is InChI=1S/C12H10.BrH.Mg.2H/c1-3-7-11(8-4-1)12-9-5-2-6-10-12;;;;/h1-10H;1H;;;/q;;+2;2*-1. The van der Waals surface area contributed by atoms with Crippen molar-refractivity contribution in [2.24, 2.45) is 0 Å². The van der Waals surface area contributed by atoms with Gasteiger partial charge in [0.15, 0.2) is 0 Å². The summed E-state index contributed by atoms with van der Waals surface area (Å²) in [7, 11) is 0. The maximum absolute atomic E-state index is 2.12. The van der Waals surface area contributed by atoms with Gasteiger partial charge in [0.25, 0.3) is 0 Å². The summed E-state index contributed by atoms with van der Waals surface area (Å²) in [6, 6.07) is 20.8. The van der Waals surface area contributed by atoms with Crippen LogP contribution in [0.4, 0.5) is 0 Å². The van der Waals surface area contributed by atoms with Crippen molar-refractivity contribution in [3.63, 3.8) is 0 Å². The van der Waals surface area contributed by atoms with E-state index in [9.17, 15) is 0 Å². The molecule has 0 saturated heterocycles. The molecule has 0 atom stereocenters. The Morgan fingerprint density at radius 3 is 1.14 bits per heavy atom. The molecule has 0 unspecified atom stereocenters. The van der Waals surface area contributed by atoms with Crippen molar-refractivity contribution in [2.45, 2.75) is 0 Å². The molecule has 2 aromatic rings. The van der Waals surface area contributed by atoms with Crippen molar-refractivity contribution in [3.8, 4) is 11.1 Å². The molecule has 2 rings (SSSR count). The molecule has 2 heteroatoms. The average Bonchev–Trinajstić information content (AvgIpc) is 2.21. The number of halogens is 1. The summed E-state index contributed by atoms with van der Waals surface area (Å²) in [6.45, 7) is 0.